The number of halogens is 1. The van der Waals surface area contributed by atoms with Gasteiger partial charge < -0.3 is 13.9 Å². The Labute approximate surface area is 164 Å². The van der Waals surface area contributed by atoms with E-state index in [1.54, 1.807) is 32.4 Å². The number of benzene rings is 2. The zero-order valence-corrected chi connectivity index (χ0v) is 16.1. The average molecular weight is 403 g/mol. The first-order valence-corrected chi connectivity index (χ1v) is 9.40. The highest BCUT2D eigenvalue weighted by Crippen LogP contribution is 2.40. The predicted octanol–water partition coefficient (Wildman–Crippen LogP) is 4.31. The molecule has 0 saturated heterocycles. The molecule has 1 aromatic heterocycles. The van der Waals surface area contributed by atoms with Crippen molar-refractivity contribution in [2.75, 3.05) is 14.2 Å². The fourth-order valence-corrected chi connectivity index (χ4v) is 4.17. The maximum absolute atomic E-state index is 12.8. The molecular weight excluding hydrogens is 388 g/mol. The molecular formula is C19H15ClN2O4S. The van der Waals surface area contributed by atoms with Gasteiger partial charge in [0.05, 0.1) is 30.1 Å². The minimum absolute atomic E-state index is 0.00782. The molecule has 1 heterocycles. The monoisotopic (exact) mass is 402 g/mol. The molecule has 0 unspecified atom stereocenters. The Hall–Kier alpha value is -2.51. The van der Waals surface area contributed by atoms with Gasteiger partial charge in [0.2, 0.25) is 5.89 Å². The molecule has 27 heavy (non-hydrogen) atoms. The van der Waals surface area contributed by atoms with E-state index in [9.17, 15) is 4.79 Å². The fourth-order valence-electron chi connectivity index (χ4n) is 3.00. The Morgan fingerprint density at radius 1 is 1.11 bits per heavy atom. The third-order valence-electron chi connectivity index (χ3n) is 4.33. The molecule has 0 aliphatic heterocycles. The first kappa shape index (κ1) is 17.9. The van der Waals surface area contributed by atoms with Gasteiger partial charge in [-0.25, -0.2) is 0 Å². The van der Waals surface area contributed by atoms with Crippen LogP contribution in [0.3, 0.4) is 0 Å². The van der Waals surface area contributed by atoms with Gasteiger partial charge in [-0.2, -0.15) is 0 Å². The summed E-state index contributed by atoms with van der Waals surface area (Å²) in [5.41, 5.74) is 2.21. The lowest BCUT2D eigenvalue weighted by atomic mass is 10.1. The second-order valence-electron chi connectivity index (χ2n) is 5.89. The van der Waals surface area contributed by atoms with E-state index in [1.807, 2.05) is 18.2 Å². The van der Waals surface area contributed by atoms with Gasteiger partial charge >= 0.3 is 0 Å². The quantitative estimate of drug-likeness (QED) is 0.629. The molecule has 2 aromatic carbocycles. The van der Waals surface area contributed by atoms with E-state index < -0.39 is 0 Å². The van der Waals surface area contributed by atoms with E-state index in [0.29, 0.717) is 45.2 Å². The second-order valence-corrected chi connectivity index (χ2v) is 7.45. The Kier molecular flexibility index (Phi) is 4.80. The number of hydrogen-bond donors (Lipinski definition) is 0. The molecule has 1 aliphatic carbocycles. The average Bonchev–Trinajstić information content (AvgIpc) is 3.26. The largest absolute Gasteiger partial charge is 0.493 e. The van der Waals surface area contributed by atoms with Gasteiger partial charge in [0.25, 0.3) is 5.22 Å². The van der Waals surface area contributed by atoms with Crippen LogP contribution in [0, 0.1) is 0 Å². The minimum atomic E-state index is -0.337. The number of hydrogen-bond acceptors (Lipinski definition) is 7. The number of ether oxygens (including phenoxy) is 2. The maximum Gasteiger partial charge on any atom is 0.277 e. The van der Waals surface area contributed by atoms with E-state index in [4.69, 9.17) is 25.5 Å². The van der Waals surface area contributed by atoms with Gasteiger partial charge in [0, 0.05) is 5.56 Å². The highest BCUT2D eigenvalue weighted by Gasteiger charge is 2.34. The number of fused-ring (bicyclic) bond motifs is 1. The summed E-state index contributed by atoms with van der Waals surface area (Å²) >= 11 is 7.42. The highest BCUT2D eigenvalue weighted by molar-refractivity contribution is 8.00. The molecule has 1 aliphatic rings. The maximum atomic E-state index is 12.8. The number of rotatable bonds is 5. The van der Waals surface area contributed by atoms with Crippen LogP contribution in [0.5, 0.6) is 11.5 Å². The number of nitrogens with zero attached hydrogens (tertiary/aromatic N) is 2. The zero-order chi connectivity index (χ0) is 19.0. The second kappa shape index (κ2) is 7.25. The smallest absolute Gasteiger partial charge is 0.277 e. The minimum Gasteiger partial charge on any atom is -0.493 e. The molecule has 0 amide bonds. The zero-order valence-electron chi connectivity index (χ0n) is 14.6. The molecule has 3 aromatic rings. The van der Waals surface area contributed by atoms with Crippen molar-refractivity contribution in [3.8, 4) is 23.0 Å². The third-order valence-corrected chi connectivity index (χ3v) is 5.69. The van der Waals surface area contributed by atoms with E-state index in [0.717, 1.165) is 5.56 Å². The molecule has 6 nitrogen and oxygen atoms in total. The SMILES string of the molecule is COc1cc2c(cc1OC)C(=O)[C@@H](Sc1nnc(-c3ccccc3Cl)o1)C2. The lowest BCUT2D eigenvalue weighted by molar-refractivity contribution is 0.0999. The number of carbonyl (C=O) groups excluding carboxylic acids is 1. The van der Waals surface area contributed by atoms with Crippen LogP contribution in [0.4, 0.5) is 0 Å². The van der Waals surface area contributed by atoms with Gasteiger partial charge in [-0.3, -0.25) is 4.79 Å². The summed E-state index contributed by atoms with van der Waals surface area (Å²) in [4.78, 5) is 12.8. The van der Waals surface area contributed by atoms with Crippen LogP contribution < -0.4 is 9.47 Å². The van der Waals surface area contributed by atoms with Crippen LogP contribution in [-0.4, -0.2) is 35.5 Å². The van der Waals surface area contributed by atoms with Crippen molar-refractivity contribution in [2.45, 2.75) is 16.9 Å². The number of carbonyl (C=O) groups is 1. The summed E-state index contributed by atoms with van der Waals surface area (Å²) in [5, 5.41) is 8.61. The van der Waals surface area contributed by atoms with Crippen LogP contribution in [0.1, 0.15) is 15.9 Å². The summed E-state index contributed by atoms with van der Waals surface area (Å²) in [6, 6.07) is 10.8. The van der Waals surface area contributed by atoms with E-state index >= 15 is 0 Å². The summed E-state index contributed by atoms with van der Waals surface area (Å²) in [7, 11) is 3.12. The van der Waals surface area contributed by atoms with Crippen LogP contribution in [0.25, 0.3) is 11.5 Å². The van der Waals surface area contributed by atoms with Crippen molar-refractivity contribution in [3.63, 3.8) is 0 Å². The van der Waals surface area contributed by atoms with Crippen molar-refractivity contribution in [1.82, 2.24) is 10.2 Å². The van der Waals surface area contributed by atoms with Crippen LogP contribution in [0.2, 0.25) is 5.02 Å². The first-order valence-electron chi connectivity index (χ1n) is 8.15. The number of methoxy groups -OCH3 is 2. The van der Waals surface area contributed by atoms with Gasteiger partial charge in [-0.15, -0.1) is 10.2 Å². The number of Topliss-reactive ketones (excluding diaryl/α,β-unsaturated/α-hetero) is 1. The van der Waals surface area contributed by atoms with Gasteiger partial charge in [0.1, 0.15) is 0 Å². The molecule has 0 spiro atoms. The normalized spacial score (nSPS) is 15.7. The van der Waals surface area contributed by atoms with Gasteiger partial charge in [-0.05, 0) is 36.2 Å². The summed E-state index contributed by atoms with van der Waals surface area (Å²) < 4.78 is 16.3. The number of aromatic nitrogens is 2. The van der Waals surface area contributed by atoms with Gasteiger partial charge in [-0.1, -0.05) is 35.5 Å². The van der Waals surface area contributed by atoms with Crippen LogP contribution in [0.15, 0.2) is 46.0 Å². The molecule has 0 N–H and O–H groups in total. The van der Waals surface area contributed by atoms with Crippen LogP contribution in [-0.2, 0) is 6.42 Å². The Bertz CT molecular complexity index is 1020. The van der Waals surface area contributed by atoms with Crippen LogP contribution >= 0.6 is 23.4 Å². The standard InChI is InChI=1S/C19H15ClN2O4S/c1-24-14-7-10-8-16(17(23)12(10)9-15(14)25-2)27-19-22-21-18(26-19)11-5-3-4-6-13(11)20/h3-7,9,16H,8H2,1-2H3/t16-/m0/s1. The van der Waals surface area contributed by atoms with E-state index in [1.165, 1.54) is 11.8 Å². The van der Waals surface area contributed by atoms with Crippen molar-refractivity contribution in [2.24, 2.45) is 0 Å². The molecule has 0 saturated carbocycles. The summed E-state index contributed by atoms with van der Waals surface area (Å²) in [5.74, 6) is 1.48. The van der Waals surface area contributed by atoms with Crippen molar-refractivity contribution >= 4 is 29.1 Å². The summed E-state index contributed by atoms with van der Waals surface area (Å²) in [6.07, 6.45) is 0.559. The topological polar surface area (TPSA) is 74.5 Å². The van der Waals surface area contributed by atoms with E-state index in [2.05, 4.69) is 10.2 Å². The predicted molar refractivity (Wildman–Crippen MR) is 102 cm³/mol. The Balaban J connectivity index is 1.56. The number of thioether (sulfide) groups is 1. The fraction of sp³-hybridized carbons (Fsp3) is 0.211. The molecule has 0 radical (unpaired) electrons. The Morgan fingerprint density at radius 3 is 2.59 bits per heavy atom. The molecule has 0 bridgehead atoms. The van der Waals surface area contributed by atoms with E-state index in [-0.39, 0.29) is 11.0 Å². The number of ketones is 1. The third kappa shape index (κ3) is 3.28. The molecule has 1 atom stereocenters. The lowest BCUT2D eigenvalue weighted by Gasteiger charge is -2.09. The van der Waals surface area contributed by atoms with Crippen molar-refractivity contribution in [1.29, 1.82) is 0 Å². The molecule has 8 heteroatoms. The summed E-state index contributed by atoms with van der Waals surface area (Å²) in [6.45, 7) is 0. The highest BCUT2D eigenvalue weighted by atomic mass is 35.5. The molecule has 138 valence electrons. The Morgan fingerprint density at radius 2 is 1.85 bits per heavy atom. The molecule has 0 fully saturated rings. The van der Waals surface area contributed by atoms with Crippen molar-refractivity contribution < 1.29 is 18.7 Å². The van der Waals surface area contributed by atoms with Crippen molar-refractivity contribution in [3.05, 3.63) is 52.5 Å². The first-order chi connectivity index (χ1) is 13.1. The molecule has 4 rings (SSSR count). The van der Waals surface area contributed by atoms with Gasteiger partial charge in [0.15, 0.2) is 17.3 Å². The lowest BCUT2D eigenvalue weighted by Crippen LogP contribution is -2.11.